The van der Waals surface area contributed by atoms with Gasteiger partial charge in [-0.15, -0.1) is 0 Å². The molecule has 3 aliphatic rings. The van der Waals surface area contributed by atoms with Crippen LogP contribution in [0.3, 0.4) is 0 Å². The number of imide groups is 1. The molecule has 61 heavy (non-hydrogen) atoms. The van der Waals surface area contributed by atoms with Crippen molar-refractivity contribution in [3.05, 3.63) is 102 Å². The van der Waals surface area contributed by atoms with E-state index in [0.29, 0.717) is 49.2 Å². The number of hydrogen-bond donors (Lipinski definition) is 4. The van der Waals surface area contributed by atoms with E-state index in [-0.39, 0.29) is 55.5 Å². The summed E-state index contributed by atoms with van der Waals surface area (Å²) < 4.78 is 102. The first-order valence-corrected chi connectivity index (χ1v) is 24.6. The van der Waals surface area contributed by atoms with Crippen LogP contribution in [0.4, 0.5) is 11.4 Å². The number of benzene rings is 2. The Morgan fingerprint density at radius 1 is 0.770 bits per heavy atom. The number of nitrogens with one attached hydrogen (secondary N) is 1. The van der Waals surface area contributed by atoms with Crippen LogP contribution in [0.2, 0.25) is 0 Å². The fraction of sp³-hybridized carbons (Fsp3) is 0.429. The average molecular weight is 902 g/mol. The first kappa shape index (κ1) is 47.3. The Balaban J connectivity index is 1.39. The van der Waals surface area contributed by atoms with Crippen LogP contribution >= 0.6 is 0 Å². The van der Waals surface area contributed by atoms with E-state index in [2.05, 4.69) is 19.2 Å². The molecule has 0 aliphatic carbocycles. The Morgan fingerprint density at radius 2 is 1.44 bits per heavy atom. The van der Waals surface area contributed by atoms with Crippen LogP contribution in [-0.4, -0.2) is 110 Å². The minimum Gasteiger partial charge on any atom is -0.354 e. The van der Waals surface area contributed by atoms with Crippen molar-refractivity contribution in [3.8, 4) is 0 Å². The molecule has 0 saturated carbocycles. The molecule has 3 amide bonds. The van der Waals surface area contributed by atoms with Crippen LogP contribution in [-0.2, 0) is 55.6 Å². The summed E-state index contributed by atoms with van der Waals surface area (Å²) in [6, 6.07) is 12.1. The molecule has 0 saturated heterocycles. The van der Waals surface area contributed by atoms with Crippen molar-refractivity contribution >= 4 is 65.2 Å². The molecule has 16 nitrogen and oxygen atoms in total. The summed E-state index contributed by atoms with van der Waals surface area (Å²) in [6.45, 7) is 6.74. The van der Waals surface area contributed by atoms with Gasteiger partial charge in [-0.2, -0.15) is 29.8 Å². The topological polar surface area (TPSA) is 236 Å². The molecule has 0 spiro atoms. The van der Waals surface area contributed by atoms with Gasteiger partial charge in [0.25, 0.3) is 42.2 Å². The number of rotatable bonds is 21. The van der Waals surface area contributed by atoms with E-state index in [1.54, 1.807) is 12.1 Å². The largest absolute Gasteiger partial charge is 0.354 e. The smallest absolute Gasteiger partial charge is 0.294 e. The van der Waals surface area contributed by atoms with Gasteiger partial charge in [0.1, 0.15) is 6.54 Å². The quantitative estimate of drug-likeness (QED) is 0.0440. The normalized spacial score (nSPS) is 19.6. The van der Waals surface area contributed by atoms with Gasteiger partial charge >= 0.3 is 0 Å². The molecule has 0 aromatic heterocycles. The van der Waals surface area contributed by atoms with Gasteiger partial charge in [0.15, 0.2) is 5.71 Å². The van der Waals surface area contributed by atoms with Crippen molar-refractivity contribution < 1.29 is 57.9 Å². The number of hydrogen-bond acceptors (Lipinski definition) is 10. The van der Waals surface area contributed by atoms with Gasteiger partial charge < -0.3 is 10.2 Å². The third-order valence-electron chi connectivity index (χ3n) is 11.2. The zero-order valence-electron chi connectivity index (χ0n) is 34.4. The summed E-state index contributed by atoms with van der Waals surface area (Å²) in [5.41, 5.74) is 3.50. The van der Waals surface area contributed by atoms with Gasteiger partial charge in [-0.1, -0.05) is 63.1 Å². The number of anilines is 1. The van der Waals surface area contributed by atoms with Gasteiger partial charge in [0.2, 0.25) is 11.6 Å². The van der Waals surface area contributed by atoms with Gasteiger partial charge in [0.05, 0.1) is 21.8 Å². The van der Waals surface area contributed by atoms with Crippen molar-refractivity contribution in [2.45, 2.75) is 81.4 Å². The Labute approximate surface area is 357 Å². The first-order chi connectivity index (χ1) is 28.5. The summed E-state index contributed by atoms with van der Waals surface area (Å²) in [7, 11) is -13.0. The molecule has 19 heteroatoms. The second-order valence-electron chi connectivity index (χ2n) is 16.0. The van der Waals surface area contributed by atoms with E-state index < -0.39 is 58.8 Å². The van der Waals surface area contributed by atoms with Gasteiger partial charge in [-0.3, -0.25) is 32.9 Å². The summed E-state index contributed by atoms with van der Waals surface area (Å²) >= 11 is 0. The van der Waals surface area contributed by atoms with Crippen LogP contribution in [0.25, 0.3) is 0 Å². The highest BCUT2D eigenvalue weighted by atomic mass is 32.2. The fourth-order valence-electron chi connectivity index (χ4n) is 8.23. The maximum absolute atomic E-state index is 12.6. The minimum absolute atomic E-state index is 0.0441. The average Bonchev–Trinajstić information content (AvgIpc) is 3.69. The second kappa shape index (κ2) is 19.1. The lowest BCUT2D eigenvalue weighted by molar-refractivity contribution is -0.437. The predicted molar refractivity (Wildman–Crippen MR) is 231 cm³/mol. The molecule has 3 aliphatic heterocycles. The number of para-hydroxylation sites is 1. The van der Waals surface area contributed by atoms with E-state index in [1.807, 2.05) is 65.0 Å². The molecule has 3 heterocycles. The molecular weight excluding hydrogens is 849 g/mol. The maximum Gasteiger partial charge on any atom is 0.294 e. The lowest BCUT2D eigenvalue weighted by Crippen LogP contribution is -2.38. The van der Waals surface area contributed by atoms with Crippen LogP contribution in [0, 0.1) is 0 Å². The van der Waals surface area contributed by atoms with Crippen LogP contribution < -0.4 is 10.2 Å². The minimum atomic E-state index is -4.59. The Kier molecular flexibility index (Phi) is 14.8. The van der Waals surface area contributed by atoms with E-state index in [0.717, 1.165) is 21.8 Å². The number of fused-ring (bicyclic) bond motifs is 2. The van der Waals surface area contributed by atoms with Gasteiger partial charge in [-0.25, -0.2) is 0 Å². The molecule has 2 aromatic rings. The van der Waals surface area contributed by atoms with E-state index in [9.17, 15) is 53.3 Å². The van der Waals surface area contributed by atoms with Crippen molar-refractivity contribution in [1.82, 2.24) is 10.2 Å². The lowest BCUT2D eigenvalue weighted by Gasteiger charge is -2.27. The van der Waals surface area contributed by atoms with E-state index in [4.69, 9.17) is 0 Å². The molecule has 1 unspecified atom stereocenters. The molecule has 0 bridgehead atoms. The number of nitrogens with zero attached hydrogens (tertiary/aromatic N) is 3. The molecule has 0 radical (unpaired) electrons. The molecular formula is C42H53N4O12S3+. The molecule has 4 N–H and O–H groups in total. The highest BCUT2D eigenvalue weighted by Gasteiger charge is 2.48. The summed E-state index contributed by atoms with van der Waals surface area (Å²) in [5.74, 6) is -1.99. The summed E-state index contributed by atoms with van der Waals surface area (Å²) in [4.78, 5) is 38.9. The Morgan fingerprint density at radius 3 is 2.11 bits per heavy atom. The third kappa shape index (κ3) is 11.8. The fourth-order valence-corrected chi connectivity index (χ4v) is 9.73. The highest BCUT2D eigenvalue weighted by Crippen LogP contribution is 2.48. The maximum atomic E-state index is 12.6. The number of amides is 3. The van der Waals surface area contributed by atoms with Crippen molar-refractivity contribution in [1.29, 1.82) is 0 Å². The first-order valence-electron chi connectivity index (χ1n) is 19.9. The van der Waals surface area contributed by atoms with Gasteiger partial charge in [-0.05, 0) is 56.0 Å². The third-order valence-corrected chi connectivity index (χ3v) is 13.7. The van der Waals surface area contributed by atoms with Crippen LogP contribution in [0.5, 0.6) is 0 Å². The Bertz CT molecular complexity index is 2520. The van der Waals surface area contributed by atoms with E-state index in [1.165, 1.54) is 24.3 Å². The highest BCUT2D eigenvalue weighted by molar-refractivity contribution is 7.86. The second-order valence-corrected chi connectivity index (χ2v) is 20.5. The number of allylic oxidation sites excluding steroid dienone is 6. The number of carbonyl (C=O) groups is 3. The predicted octanol–water partition coefficient (Wildman–Crippen LogP) is 4.63. The van der Waals surface area contributed by atoms with Gasteiger partial charge in [0, 0.05) is 79.1 Å². The SMILES string of the molecule is CC1(CCCCCC(=O)NCCN2C(=O)C=CC2=O)C(/C=C/C=C/C=C2\N(CCCS(=O)(=O)O)c3ccccc3C2(C)C)=[N+](CCCS(=O)(=O)O)c2ccc(S(=O)(=O)O)cc21. The molecule has 330 valence electrons. The van der Waals surface area contributed by atoms with Crippen LogP contribution in [0.1, 0.15) is 76.8 Å². The number of unbranched alkanes of at least 4 members (excludes halogenated alkanes) is 2. The lowest BCUT2D eigenvalue weighted by atomic mass is 9.75. The Hall–Kier alpha value is -4.79. The van der Waals surface area contributed by atoms with Crippen molar-refractivity contribution in [2.75, 3.05) is 42.6 Å². The molecule has 5 rings (SSSR count). The van der Waals surface area contributed by atoms with Crippen molar-refractivity contribution in [2.24, 2.45) is 0 Å². The summed E-state index contributed by atoms with van der Waals surface area (Å²) in [6.07, 6.45) is 14.2. The molecule has 2 aromatic carbocycles. The monoisotopic (exact) mass is 901 g/mol. The molecule has 1 atom stereocenters. The standard InChI is InChI=1S/C42H52N4O12S3/c1-41(2)32-14-9-10-15-34(32)44(25-12-28-59(50,51)52)36(41)16-6-4-7-17-37-42(3,23-11-5-8-18-38(47)43-24-27-46-39(48)21-22-40(46)49)33-30-31(61(56,57)58)19-20-35(33)45(37)26-13-29-60(53,54)55/h4,6-7,9-10,14-17,19-22,30H,5,8,11-13,18,23-29H2,1-3H3,(H3-,43,47,50,51,52,53,54,55,56,57,58)/p+1. The van der Waals surface area contributed by atoms with Crippen LogP contribution in [0.15, 0.2) is 95.6 Å². The van der Waals surface area contributed by atoms with Crippen molar-refractivity contribution in [3.63, 3.8) is 0 Å². The van der Waals surface area contributed by atoms with E-state index >= 15 is 0 Å². The zero-order chi connectivity index (χ0) is 44.8. The molecule has 0 fully saturated rings. The number of carbonyl (C=O) groups excluding carboxylic acids is 3. The summed E-state index contributed by atoms with van der Waals surface area (Å²) in [5, 5.41) is 2.73. The zero-order valence-corrected chi connectivity index (χ0v) is 36.8.